The summed E-state index contributed by atoms with van der Waals surface area (Å²) in [6, 6.07) is 11.0. The highest BCUT2D eigenvalue weighted by atomic mass is 15.2. The smallest absolute Gasteiger partial charge is 0.0450 e. The van der Waals surface area contributed by atoms with E-state index >= 15 is 0 Å². The summed E-state index contributed by atoms with van der Waals surface area (Å²) in [5.74, 6) is 0.849. The molecule has 1 aliphatic heterocycles. The molecule has 112 valence electrons. The molecule has 0 bridgehead atoms. The Labute approximate surface area is 123 Å². The van der Waals surface area contributed by atoms with E-state index in [0.29, 0.717) is 6.04 Å². The Morgan fingerprint density at radius 1 is 1.20 bits per heavy atom. The Balaban J connectivity index is 1.87. The Morgan fingerprint density at radius 3 is 2.35 bits per heavy atom. The van der Waals surface area contributed by atoms with Crippen LogP contribution < -0.4 is 5.73 Å². The number of rotatable bonds is 5. The Kier molecular flexibility index (Phi) is 5.58. The molecule has 3 nitrogen and oxygen atoms in total. The summed E-state index contributed by atoms with van der Waals surface area (Å²) < 4.78 is 0. The lowest BCUT2D eigenvalue weighted by atomic mass is 9.93. The molecule has 0 aliphatic carbocycles. The van der Waals surface area contributed by atoms with E-state index < -0.39 is 0 Å². The van der Waals surface area contributed by atoms with Gasteiger partial charge in [-0.1, -0.05) is 30.3 Å². The number of hydrogen-bond donors (Lipinski definition) is 1. The zero-order valence-corrected chi connectivity index (χ0v) is 13.1. The van der Waals surface area contributed by atoms with Crippen molar-refractivity contribution < 1.29 is 0 Å². The molecule has 0 radical (unpaired) electrons. The summed E-state index contributed by atoms with van der Waals surface area (Å²) in [7, 11) is 4.33. The first kappa shape index (κ1) is 15.5. The number of nitrogens with two attached hydrogens (primary N) is 1. The lowest BCUT2D eigenvalue weighted by Gasteiger charge is -2.39. The van der Waals surface area contributed by atoms with E-state index in [4.69, 9.17) is 5.73 Å². The first-order valence-electron chi connectivity index (χ1n) is 7.77. The number of benzene rings is 1. The van der Waals surface area contributed by atoms with Crippen molar-refractivity contribution in [3.8, 4) is 0 Å². The second kappa shape index (κ2) is 7.21. The molecule has 2 unspecified atom stereocenters. The van der Waals surface area contributed by atoms with Gasteiger partial charge in [-0.15, -0.1) is 0 Å². The molecule has 1 fully saturated rings. The molecule has 1 aliphatic rings. The molecule has 1 aromatic carbocycles. The van der Waals surface area contributed by atoms with Gasteiger partial charge in [-0.25, -0.2) is 0 Å². The second-order valence-corrected chi connectivity index (χ2v) is 6.42. The van der Waals surface area contributed by atoms with E-state index in [-0.39, 0.29) is 6.04 Å². The third-order valence-electron chi connectivity index (χ3n) is 4.55. The fraction of sp³-hybridized carbons (Fsp3) is 0.647. The zero-order valence-electron chi connectivity index (χ0n) is 13.1. The van der Waals surface area contributed by atoms with Crippen LogP contribution in [-0.4, -0.2) is 49.6 Å². The van der Waals surface area contributed by atoms with Crippen molar-refractivity contribution in [3.63, 3.8) is 0 Å². The minimum absolute atomic E-state index is 0.113. The van der Waals surface area contributed by atoms with Gasteiger partial charge in [0.15, 0.2) is 0 Å². The van der Waals surface area contributed by atoms with Crippen molar-refractivity contribution in [2.75, 3.05) is 33.7 Å². The molecule has 2 rings (SSSR count). The molecule has 3 heteroatoms. The topological polar surface area (TPSA) is 32.5 Å². The van der Waals surface area contributed by atoms with Crippen molar-refractivity contribution >= 4 is 0 Å². The van der Waals surface area contributed by atoms with Crippen molar-refractivity contribution in [1.82, 2.24) is 9.80 Å². The van der Waals surface area contributed by atoms with Gasteiger partial charge in [-0.3, -0.25) is 4.90 Å². The average molecular weight is 275 g/mol. The van der Waals surface area contributed by atoms with Crippen LogP contribution in [0.4, 0.5) is 0 Å². The van der Waals surface area contributed by atoms with Gasteiger partial charge in [-0.2, -0.15) is 0 Å². The van der Waals surface area contributed by atoms with Crippen LogP contribution in [0.1, 0.15) is 31.4 Å². The quantitative estimate of drug-likeness (QED) is 0.895. The summed E-state index contributed by atoms with van der Waals surface area (Å²) in [6.45, 7) is 5.84. The SMILES string of the molecule is CC(C(N)c1ccccc1)N1CCC(CN(C)C)CC1. The van der Waals surface area contributed by atoms with Crippen LogP contribution in [0.25, 0.3) is 0 Å². The largest absolute Gasteiger partial charge is 0.323 e. The van der Waals surface area contributed by atoms with E-state index in [2.05, 4.69) is 55.1 Å². The molecule has 1 saturated heterocycles. The molecule has 0 amide bonds. The van der Waals surface area contributed by atoms with Gasteiger partial charge in [0.25, 0.3) is 0 Å². The van der Waals surface area contributed by atoms with Crippen LogP contribution in [0.3, 0.4) is 0 Å². The van der Waals surface area contributed by atoms with E-state index in [1.807, 2.05) is 6.07 Å². The first-order valence-corrected chi connectivity index (χ1v) is 7.77. The minimum Gasteiger partial charge on any atom is -0.323 e. The van der Waals surface area contributed by atoms with Crippen molar-refractivity contribution in [2.45, 2.75) is 31.8 Å². The predicted octanol–water partition coefficient (Wildman–Crippen LogP) is 2.35. The minimum atomic E-state index is 0.113. The van der Waals surface area contributed by atoms with Crippen molar-refractivity contribution in [1.29, 1.82) is 0 Å². The van der Waals surface area contributed by atoms with Crippen LogP contribution in [0.15, 0.2) is 30.3 Å². The summed E-state index contributed by atoms with van der Waals surface area (Å²) >= 11 is 0. The number of piperidine rings is 1. The lowest BCUT2D eigenvalue weighted by molar-refractivity contribution is 0.114. The molecule has 20 heavy (non-hydrogen) atoms. The van der Waals surface area contributed by atoms with Gasteiger partial charge in [0.05, 0.1) is 0 Å². The Hall–Kier alpha value is -0.900. The van der Waals surface area contributed by atoms with Gasteiger partial charge in [0, 0.05) is 18.6 Å². The van der Waals surface area contributed by atoms with E-state index in [0.717, 1.165) is 5.92 Å². The molecule has 2 N–H and O–H groups in total. The standard InChI is InChI=1S/C17H29N3/c1-14(17(18)16-7-5-4-6-8-16)20-11-9-15(10-12-20)13-19(2)3/h4-8,14-15,17H,9-13,18H2,1-3H3. The molecule has 0 saturated carbocycles. The summed E-state index contributed by atoms with van der Waals surface area (Å²) in [5.41, 5.74) is 7.68. The van der Waals surface area contributed by atoms with Gasteiger partial charge in [0.2, 0.25) is 0 Å². The van der Waals surface area contributed by atoms with Crippen LogP contribution in [-0.2, 0) is 0 Å². The normalized spacial score (nSPS) is 21.1. The van der Waals surface area contributed by atoms with Gasteiger partial charge in [-0.05, 0) is 58.4 Å². The van der Waals surface area contributed by atoms with Crippen LogP contribution in [0.2, 0.25) is 0 Å². The number of hydrogen-bond acceptors (Lipinski definition) is 3. The molecule has 0 spiro atoms. The monoisotopic (exact) mass is 275 g/mol. The van der Waals surface area contributed by atoms with Crippen molar-refractivity contribution in [3.05, 3.63) is 35.9 Å². The predicted molar refractivity (Wildman–Crippen MR) is 85.7 cm³/mol. The highest BCUT2D eigenvalue weighted by molar-refractivity contribution is 5.19. The maximum absolute atomic E-state index is 6.43. The Bertz CT molecular complexity index is 382. The molecule has 0 aromatic heterocycles. The number of likely N-dealkylation sites (tertiary alicyclic amines) is 1. The van der Waals surface area contributed by atoms with Crippen LogP contribution >= 0.6 is 0 Å². The fourth-order valence-electron chi connectivity index (χ4n) is 3.24. The average Bonchev–Trinajstić information content (AvgIpc) is 2.47. The maximum Gasteiger partial charge on any atom is 0.0450 e. The zero-order chi connectivity index (χ0) is 14.5. The van der Waals surface area contributed by atoms with Crippen LogP contribution in [0.5, 0.6) is 0 Å². The molecule has 1 heterocycles. The van der Waals surface area contributed by atoms with Gasteiger partial charge in [0.1, 0.15) is 0 Å². The lowest BCUT2D eigenvalue weighted by Crippen LogP contribution is -2.46. The van der Waals surface area contributed by atoms with Gasteiger partial charge >= 0.3 is 0 Å². The summed E-state index contributed by atoms with van der Waals surface area (Å²) in [6.07, 6.45) is 2.59. The molecular weight excluding hydrogens is 246 g/mol. The summed E-state index contributed by atoms with van der Waals surface area (Å²) in [5, 5.41) is 0. The fourth-order valence-corrected chi connectivity index (χ4v) is 3.24. The summed E-state index contributed by atoms with van der Waals surface area (Å²) in [4.78, 5) is 4.86. The molecule has 1 aromatic rings. The highest BCUT2D eigenvalue weighted by Crippen LogP contribution is 2.24. The van der Waals surface area contributed by atoms with Gasteiger partial charge < -0.3 is 10.6 Å². The van der Waals surface area contributed by atoms with Crippen molar-refractivity contribution in [2.24, 2.45) is 11.7 Å². The van der Waals surface area contributed by atoms with E-state index in [1.165, 1.54) is 38.0 Å². The third-order valence-corrected chi connectivity index (χ3v) is 4.55. The second-order valence-electron chi connectivity index (χ2n) is 6.42. The van der Waals surface area contributed by atoms with Crippen LogP contribution in [0, 0.1) is 5.92 Å². The van der Waals surface area contributed by atoms with E-state index in [1.54, 1.807) is 0 Å². The maximum atomic E-state index is 6.43. The third kappa shape index (κ3) is 4.05. The first-order chi connectivity index (χ1) is 9.58. The molecule has 2 atom stereocenters. The Morgan fingerprint density at radius 2 is 1.80 bits per heavy atom. The van der Waals surface area contributed by atoms with E-state index in [9.17, 15) is 0 Å². The molecular formula is C17H29N3. The highest BCUT2D eigenvalue weighted by Gasteiger charge is 2.26. The number of nitrogens with zero attached hydrogens (tertiary/aromatic N) is 2.